The average Bonchev–Trinajstić information content (AvgIpc) is 3.23. The minimum atomic E-state index is -1.25. The van der Waals surface area contributed by atoms with E-state index in [1.807, 2.05) is 36.4 Å². The largest absolute Gasteiger partial charge is 0.453 e. The van der Waals surface area contributed by atoms with Crippen LogP contribution in [0.15, 0.2) is 48.5 Å². The molecule has 0 spiro atoms. The number of carbonyl (C=O) groups is 3. The number of benzene rings is 2. The Morgan fingerprint density at radius 2 is 1.47 bits per heavy atom. The van der Waals surface area contributed by atoms with Crippen LogP contribution in [0.3, 0.4) is 0 Å². The first kappa shape index (κ1) is 19.2. The lowest BCUT2D eigenvalue weighted by Crippen LogP contribution is -2.30. The first-order chi connectivity index (χ1) is 14.6. The topological polar surface area (TPSA) is 60.4 Å². The van der Waals surface area contributed by atoms with Gasteiger partial charge in [-0.25, -0.2) is 0 Å². The van der Waals surface area contributed by atoms with Gasteiger partial charge in [-0.1, -0.05) is 80.6 Å². The first-order valence-electron chi connectivity index (χ1n) is 11.1. The average molecular weight is 402 g/mol. The molecule has 1 saturated carbocycles. The third-order valence-corrected chi connectivity index (χ3v) is 7.06. The summed E-state index contributed by atoms with van der Waals surface area (Å²) >= 11 is 0. The number of Topliss-reactive ketones (excluding diaryl/α,β-unsaturated/α-hetero) is 2. The van der Waals surface area contributed by atoms with E-state index in [1.54, 1.807) is 0 Å². The van der Waals surface area contributed by atoms with Crippen LogP contribution in [0.2, 0.25) is 0 Å². The second-order valence-electron chi connectivity index (χ2n) is 8.90. The molecular formula is C26H26O4. The molecule has 2 unspecified atom stereocenters. The van der Waals surface area contributed by atoms with Gasteiger partial charge < -0.3 is 4.74 Å². The molecule has 5 rings (SSSR count). The summed E-state index contributed by atoms with van der Waals surface area (Å²) < 4.78 is 5.40. The summed E-state index contributed by atoms with van der Waals surface area (Å²) in [5, 5.41) is 0. The summed E-state index contributed by atoms with van der Waals surface area (Å²) in [7, 11) is 0. The summed E-state index contributed by atoms with van der Waals surface area (Å²) in [5.41, 5.74) is 4.43. The third-order valence-electron chi connectivity index (χ3n) is 7.06. The van der Waals surface area contributed by atoms with Crippen LogP contribution in [-0.4, -0.2) is 23.6 Å². The monoisotopic (exact) mass is 402 g/mol. The fourth-order valence-electron chi connectivity index (χ4n) is 5.55. The fourth-order valence-corrected chi connectivity index (χ4v) is 5.55. The minimum Gasteiger partial charge on any atom is -0.453 e. The molecule has 2 aromatic carbocycles. The van der Waals surface area contributed by atoms with Gasteiger partial charge in [-0.2, -0.15) is 0 Å². The van der Waals surface area contributed by atoms with Crippen molar-refractivity contribution in [2.45, 2.75) is 57.0 Å². The molecule has 2 aromatic rings. The number of rotatable bonds is 5. The number of ether oxygens (including phenoxy) is 1. The number of ketones is 2. The number of esters is 1. The summed E-state index contributed by atoms with van der Waals surface area (Å²) in [5.74, 6) is -2.24. The SMILES string of the molecule is O=C(CC1c2ccccc2-c2ccccc21)C1C(=O)OC(CC2CCCCC2)C1=O. The van der Waals surface area contributed by atoms with E-state index in [9.17, 15) is 14.4 Å². The second-order valence-corrected chi connectivity index (χ2v) is 8.90. The predicted molar refractivity (Wildman–Crippen MR) is 113 cm³/mol. The van der Waals surface area contributed by atoms with Gasteiger partial charge in [0.05, 0.1) is 0 Å². The Morgan fingerprint density at radius 1 is 0.867 bits per heavy atom. The Kier molecular flexibility index (Phi) is 5.01. The molecule has 4 nitrogen and oxygen atoms in total. The normalized spacial score (nSPS) is 23.9. The van der Waals surface area contributed by atoms with Crippen LogP contribution >= 0.6 is 0 Å². The summed E-state index contributed by atoms with van der Waals surface area (Å²) in [6.45, 7) is 0. The molecule has 2 fully saturated rings. The number of cyclic esters (lactones) is 1. The molecule has 0 N–H and O–H groups in total. The molecular weight excluding hydrogens is 376 g/mol. The molecule has 2 atom stereocenters. The Balaban J connectivity index is 1.34. The quantitative estimate of drug-likeness (QED) is 0.530. The van der Waals surface area contributed by atoms with Crippen molar-refractivity contribution in [1.82, 2.24) is 0 Å². The van der Waals surface area contributed by atoms with Crippen LogP contribution in [0.4, 0.5) is 0 Å². The smallest absolute Gasteiger partial charge is 0.325 e. The molecule has 0 amide bonds. The lowest BCUT2D eigenvalue weighted by molar-refractivity contribution is -0.147. The van der Waals surface area contributed by atoms with Gasteiger partial charge in [-0.3, -0.25) is 14.4 Å². The Labute approximate surface area is 176 Å². The van der Waals surface area contributed by atoms with Gasteiger partial charge in [-0.05, 0) is 34.6 Å². The molecule has 0 radical (unpaired) electrons. The predicted octanol–water partition coefficient (Wildman–Crippen LogP) is 4.84. The van der Waals surface area contributed by atoms with E-state index < -0.39 is 18.0 Å². The van der Waals surface area contributed by atoms with Gasteiger partial charge in [0.1, 0.15) is 0 Å². The number of hydrogen-bond donors (Lipinski definition) is 0. The van der Waals surface area contributed by atoms with E-state index in [2.05, 4.69) is 12.1 Å². The Bertz CT molecular complexity index is 956. The van der Waals surface area contributed by atoms with Gasteiger partial charge in [-0.15, -0.1) is 0 Å². The van der Waals surface area contributed by atoms with Crippen molar-refractivity contribution in [2.75, 3.05) is 0 Å². The highest BCUT2D eigenvalue weighted by atomic mass is 16.6. The van der Waals surface area contributed by atoms with Crippen molar-refractivity contribution in [1.29, 1.82) is 0 Å². The zero-order chi connectivity index (χ0) is 20.7. The van der Waals surface area contributed by atoms with Crippen molar-refractivity contribution in [2.24, 2.45) is 11.8 Å². The van der Waals surface area contributed by atoms with E-state index in [1.165, 1.54) is 19.3 Å². The van der Waals surface area contributed by atoms with Gasteiger partial charge in [0.2, 0.25) is 0 Å². The van der Waals surface area contributed by atoms with E-state index in [0.29, 0.717) is 12.3 Å². The minimum absolute atomic E-state index is 0.122. The summed E-state index contributed by atoms with van der Waals surface area (Å²) in [6, 6.07) is 16.1. The first-order valence-corrected chi connectivity index (χ1v) is 11.1. The molecule has 1 aliphatic heterocycles. The van der Waals surface area contributed by atoms with Crippen LogP contribution in [0, 0.1) is 11.8 Å². The van der Waals surface area contributed by atoms with Crippen molar-refractivity contribution in [3.05, 3.63) is 59.7 Å². The molecule has 1 saturated heterocycles. The fraction of sp³-hybridized carbons (Fsp3) is 0.423. The Morgan fingerprint density at radius 3 is 2.10 bits per heavy atom. The zero-order valence-corrected chi connectivity index (χ0v) is 17.0. The molecule has 154 valence electrons. The zero-order valence-electron chi connectivity index (χ0n) is 17.0. The maximum absolute atomic E-state index is 13.2. The van der Waals surface area contributed by atoms with Gasteiger partial charge in [0, 0.05) is 12.3 Å². The maximum Gasteiger partial charge on any atom is 0.325 e. The molecule has 0 bridgehead atoms. The van der Waals surface area contributed by atoms with Crippen molar-refractivity contribution in [3.8, 4) is 11.1 Å². The van der Waals surface area contributed by atoms with Crippen LogP contribution in [-0.2, 0) is 19.1 Å². The van der Waals surface area contributed by atoms with Crippen molar-refractivity contribution in [3.63, 3.8) is 0 Å². The van der Waals surface area contributed by atoms with Crippen LogP contribution in [0.5, 0.6) is 0 Å². The number of carbonyl (C=O) groups excluding carboxylic acids is 3. The van der Waals surface area contributed by atoms with E-state index in [4.69, 9.17) is 4.74 Å². The molecule has 1 heterocycles. The van der Waals surface area contributed by atoms with E-state index >= 15 is 0 Å². The maximum atomic E-state index is 13.2. The highest BCUT2D eigenvalue weighted by molar-refractivity contribution is 6.22. The van der Waals surface area contributed by atoms with Crippen LogP contribution < -0.4 is 0 Å². The number of hydrogen-bond acceptors (Lipinski definition) is 4. The summed E-state index contributed by atoms with van der Waals surface area (Å²) in [4.78, 5) is 38.6. The standard InChI is InChI=1S/C26H26O4/c27-22(24-25(28)23(30-26(24)29)14-16-8-2-1-3-9-16)15-21-19-12-6-4-10-17(19)18-11-5-7-13-20(18)21/h4-7,10-13,16,21,23-24H,1-3,8-9,14-15H2. The molecule has 0 aromatic heterocycles. The van der Waals surface area contributed by atoms with Crippen molar-refractivity contribution >= 4 is 17.5 Å². The van der Waals surface area contributed by atoms with Gasteiger partial charge in [0.25, 0.3) is 0 Å². The van der Waals surface area contributed by atoms with Gasteiger partial charge >= 0.3 is 5.97 Å². The lowest BCUT2D eigenvalue weighted by Gasteiger charge is -2.23. The van der Waals surface area contributed by atoms with Crippen LogP contribution in [0.25, 0.3) is 11.1 Å². The molecule has 2 aliphatic carbocycles. The number of fused-ring (bicyclic) bond motifs is 3. The van der Waals surface area contributed by atoms with E-state index in [0.717, 1.165) is 35.1 Å². The third kappa shape index (κ3) is 3.28. The van der Waals surface area contributed by atoms with Crippen LogP contribution in [0.1, 0.15) is 62.0 Å². The van der Waals surface area contributed by atoms with Gasteiger partial charge in [0.15, 0.2) is 23.6 Å². The lowest BCUT2D eigenvalue weighted by atomic mass is 9.82. The molecule has 3 aliphatic rings. The highest BCUT2D eigenvalue weighted by Crippen LogP contribution is 2.46. The second kappa shape index (κ2) is 7.82. The van der Waals surface area contributed by atoms with E-state index in [-0.39, 0.29) is 23.9 Å². The summed E-state index contributed by atoms with van der Waals surface area (Å²) in [6.07, 6.45) is 5.72. The molecule has 4 heteroatoms. The van der Waals surface area contributed by atoms with Crippen molar-refractivity contribution < 1.29 is 19.1 Å². The Hall–Kier alpha value is -2.75. The highest BCUT2D eigenvalue weighted by Gasteiger charge is 2.48. The molecule has 30 heavy (non-hydrogen) atoms.